The molecule has 0 radical (unpaired) electrons. The predicted molar refractivity (Wildman–Crippen MR) is 67.5 cm³/mol. The second kappa shape index (κ2) is 6.18. The summed E-state index contributed by atoms with van der Waals surface area (Å²) in [4.78, 5) is 0.333. The standard InChI is InChI=1S/C9H21BrN2O2S/c1-8(2)12(5)15(13,14)11(4)7-6-9(3)10/h8-9H,6-7H2,1-5H3. The molecule has 0 saturated carbocycles. The molecule has 0 heterocycles. The molecule has 0 aromatic heterocycles. The summed E-state index contributed by atoms with van der Waals surface area (Å²) >= 11 is 3.40. The van der Waals surface area contributed by atoms with Gasteiger partial charge in [-0.2, -0.15) is 17.0 Å². The Labute approximate surface area is 102 Å². The van der Waals surface area contributed by atoms with Crippen molar-refractivity contribution in [1.29, 1.82) is 0 Å². The summed E-state index contributed by atoms with van der Waals surface area (Å²) in [6.45, 7) is 6.26. The van der Waals surface area contributed by atoms with Crippen LogP contribution in [0.2, 0.25) is 0 Å². The van der Waals surface area contributed by atoms with E-state index < -0.39 is 10.2 Å². The van der Waals surface area contributed by atoms with Crippen LogP contribution in [0, 0.1) is 0 Å². The van der Waals surface area contributed by atoms with Gasteiger partial charge in [0.2, 0.25) is 0 Å². The Morgan fingerprint density at radius 1 is 1.20 bits per heavy atom. The van der Waals surface area contributed by atoms with Crippen LogP contribution in [0.5, 0.6) is 0 Å². The molecule has 0 saturated heterocycles. The smallest absolute Gasteiger partial charge is 0.195 e. The van der Waals surface area contributed by atoms with Crippen molar-refractivity contribution in [3.8, 4) is 0 Å². The molecule has 0 aromatic carbocycles. The third kappa shape index (κ3) is 4.80. The van der Waals surface area contributed by atoms with E-state index >= 15 is 0 Å². The van der Waals surface area contributed by atoms with Crippen LogP contribution >= 0.6 is 15.9 Å². The molecular weight excluding hydrogens is 280 g/mol. The van der Waals surface area contributed by atoms with E-state index in [0.717, 1.165) is 6.42 Å². The van der Waals surface area contributed by atoms with Gasteiger partial charge in [0, 0.05) is 31.5 Å². The Bertz CT molecular complexity index is 278. The lowest BCUT2D eigenvalue weighted by molar-refractivity contribution is 0.356. The normalized spacial score (nSPS) is 15.3. The molecule has 0 aliphatic rings. The summed E-state index contributed by atoms with van der Waals surface area (Å²) in [5.74, 6) is 0. The zero-order valence-electron chi connectivity index (χ0n) is 10.1. The van der Waals surface area contributed by atoms with Gasteiger partial charge in [0.1, 0.15) is 0 Å². The fourth-order valence-corrected chi connectivity index (χ4v) is 2.47. The number of hydrogen-bond donors (Lipinski definition) is 0. The molecule has 1 unspecified atom stereocenters. The second-order valence-electron chi connectivity index (χ2n) is 4.01. The van der Waals surface area contributed by atoms with Crippen molar-refractivity contribution in [2.45, 2.75) is 38.1 Å². The lowest BCUT2D eigenvalue weighted by Crippen LogP contribution is -2.43. The highest BCUT2D eigenvalue weighted by Gasteiger charge is 2.25. The Balaban J connectivity index is 4.46. The molecule has 92 valence electrons. The minimum absolute atomic E-state index is 0.0150. The van der Waals surface area contributed by atoms with Gasteiger partial charge >= 0.3 is 0 Å². The fourth-order valence-electron chi connectivity index (χ4n) is 0.961. The van der Waals surface area contributed by atoms with Crippen molar-refractivity contribution in [3.63, 3.8) is 0 Å². The van der Waals surface area contributed by atoms with Crippen molar-refractivity contribution >= 4 is 26.1 Å². The quantitative estimate of drug-likeness (QED) is 0.700. The van der Waals surface area contributed by atoms with Gasteiger partial charge in [0.25, 0.3) is 10.2 Å². The molecule has 0 bridgehead atoms. The van der Waals surface area contributed by atoms with Crippen molar-refractivity contribution in [1.82, 2.24) is 8.61 Å². The number of alkyl halides is 1. The molecule has 0 aliphatic carbocycles. The van der Waals surface area contributed by atoms with Gasteiger partial charge in [-0.25, -0.2) is 0 Å². The third-order valence-corrected chi connectivity index (χ3v) is 4.90. The first-order valence-electron chi connectivity index (χ1n) is 5.03. The molecule has 0 rings (SSSR count). The molecule has 15 heavy (non-hydrogen) atoms. The largest absolute Gasteiger partial charge is 0.281 e. The first kappa shape index (κ1) is 15.3. The lowest BCUT2D eigenvalue weighted by atomic mass is 10.3. The van der Waals surface area contributed by atoms with Gasteiger partial charge in [0.15, 0.2) is 0 Å². The molecule has 0 amide bonds. The van der Waals surface area contributed by atoms with Crippen LogP contribution in [0.4, 0.5) is 0 Å². The zero-order valence-corrected chi connectivity index (χ0v) is 12.5. The molecule has 1 atom stereocenters. The van der Waals surface area contributed by atoms with Crippen molar-refractivity contribution < 1.29 is 8.42 Å². The monoisotopic (exact) mass is 300 g/mol. The van der Waals surface area contributed by atoms with Gasteiger partial charge in [0.05, 0.1) is 0 Å². The summed E-state index contributed by atoms with van der Waals surface area (Å²) in [6, 6.07) is -0.0150. The topological polar surface area (TPSA) is 40.6 Å². The highest BCUT2D eigenvalue weighted by atomic mass is 79.9. The molecule has 0 aliphatic heterocycles. The Hall–Kier alpha value is 0.350. The van der Waals surface area contributed by atoms with Crippen LogP contribution in [0.25, 0.3) is 0 Å². The number of rotatable bonds is 6. The second-order valence-corrected chi connectivity index (χ2v) is 7.67. The molecule has 0 spiro atoms. The van der Waals surface area contributed by atoms with E-state index in [1.54, 1.807) is 14.1 Å². The highest BCUT2D eigenvalue weighted by Crippen LogP contribution is 2.11. The lowest BCUT2D eigenvalue weighted by Gasteiger charge is -2.27. The average Bonchev–Trinajstić information content (AvgIpc) is 2.12. The molecule has 4 nitrogen and oxygen atoms in total. The van der Waals surface area contributed by atoms with E-state index in [9.17, 15) is 8.42 Å². The van der Waals surface area contributed by atoms with Crippen molar-refractivity contribution in [2.75, 3.05) is 20.6 Å². The summed E-state index contributed by atoms with van der Waals surface area (Å²) < 4.78 is 26.6. The van der Waals surface area contributed by atoms with Crippen molar-refractivity contribution in [2.24, 2.45) is 0 Å². The van der Waals surface area contributed by atoms with Gasteiger partial charge < -0.3 is 0 Å². The predicted octanol–water partition coefficient (Wildman–Crippen LogP) is 1.68. The van der Waals surface area contributed by atoms with Gasteiger partial charge in [-0.3, -0.25) is 0 Å². The van der Waals surface area contributed by atoms with Crippen LogP contribution in [0.15, 0.2) is 0 Å². The Morgan fingerprint density at radius 2 is 1.67 bits per heavy atom. The minimum atomic E-state index is -3.29. The van der Waals surface area contributed by atoms with Crippen LogP contribution in [-0.2, 0) is 10.2 Å². The third-order valence-electron chi connectivity index (χ3n) is 2.33. The summed E-state index contributed by atoms with van der Waals surface area (Å²) in [7, 11) is -0.0682. The number of halogens is 1. The minimum Gasteiger partial charge on any atom is -0.195 e. The SMILES string of the molecule is CC(Br)CCN(C)S(=O)(=O)N(C)C(C)C. The molecule has 0 aromatic rings. The summed E-state index contributed by atoms with van der Waals surface area (Å²) in [6.07, 6.45) is 0.807. The summed E-state index contributed by atoms with van der Waals surface area (Å²) in [5, 5.41) is 0. The van der Waals surface area contributed by atoms with E-state index in [2.05, 4.69) is 15.9 Å². The Morgan fingerprint density at radius 3 is 2.00 bits per heavy atom. The van der Waals surface area contributed by atoms with E-state index in [4.69, 9.17) is 0 Å². The molecule has 6 heteroatoms. The maximum absolute atomic E-state index is 11.9. The van der Waals surface area contributed by atoms with Crippen LogP contribution in [-0.4, -0.2) is 48.5 Å². The first-order chi connectivity index (χ1) is 6.69. The summed E-state index contributed by atoms with van der Waals surface area (Å²) in [5.41, 5.74) is 0. The van der Waals surface area contributed by atoms with Gasteiger partial charge in [-0.05, 0) is 20.3 Å². The number of nitrogens with zero attached hydrogens (tertiary/aromatic N) is 2. The van der Waals surface area contributed by atoms with Crippen molar-refractivity contribution in [3.05, 3.63) is 0 Å². The highest BCUT2D eigenvalue weighted by molar-refractivity contribution is 9.09. The zero-order chi connectivity index (χ0) is 12.2. The van der Waals surface area contributed by atoms with E-state index in [1.807, 2.05) is 20.8 Å². The molecule has 0 fully saturated rings. The van der Waals surface area contributed by atoms with Gasteiger partial charge in [-0.15, -0.1) is 0 Å². The first-order valence-corrected chi connectivity index (χ1v) is 7.34. The number of hydrogen-bond acceptors (Lipinski definition) is 2. The van der Waals surface area contributed by atoms with E-state index in [1.165, 1.54) is 8.61 Å². The fraction of sp³-hybridized carbons (Fsp3) is 1.00. The maximum Gasteiger partial charge on any atom is 0.281 e. The van der Waals surface area contributed by atoms with E-state index in [-0.39, 0.29) is 6.04 Å². The van der Waals surface area contributed by atoms with Crippen LogP contribution in [0.1, 0.15) is 27.2 Å². The maximum atomic E-state index is 11.9. The van der Waals surface area contributed by atoms with Gasteiger partial charge in [-0.1, -0.05) is 22.9 Å². The molecule has 0 N–H and O–H groups in total. The van der Waals surface area contributed by atoms with Crippen LogP contribution in [0.3, 0.4) is 0 Å². The average molecular weight is 301 g/mol. The Kier molecular flexibility index (Phi) is 6.32. The molecular formula is C9H21BrN2O2S. The van der Waals surface area contributed by atoms with E-state index in [0.29, 0.717) is 11.4 Å². The van der Waals surface area contributed by atoms with Crippen LogP contribution < -0.4 is 0 Å².